The number of carbonyl (C=O) groups is 1. The van der Waals surface area contributed by atoms with Crippen LogP contribution in [0.2, 0.25) is 0 Å². The molecule has 5 heteroatoms. The lowest BCUT2D eigenvalue weighted by molar-refractivity contribution is 0.00971. The van der Waals surface area contributed by atoms with Gasteiger partial charge in [-0.2, -0.15) is 0 Å². The van der Waals surface area contributed by atoms with Crippen molar-refractivity contribution in [3.8, 4) is 0 Å². The minimum atomic E-state index is 0.0373. The number of nitrogens with zero attached hydrogens (tertiary/aromatic N) is 1. The lowest BCUT2D eigenvalue weighted by atomic mass is 10.1. The molecule has 2 aliphatic heterocycles. The molecule has 0 aromatic rings. The van der Waals surface area contributed by atoms with Gasteiger partial charge in [-0.1, -0.05) is 6.92 Å². The first-order chi connectivity index (χ1) is 8.79. The molecule has 2 aliphatic rings. The van der Waals surface area contributed by atoms with Gasteiger partial charge in [-0.15, -0.1) is 0 Å². The average molecular weight is 256 g/mol. The first-order valence-electron chi connectivity index (χ1n) is 7.04. The number of urea groups is 1. The number of hydrogen-bond donors (Lipinski definition) is 1. The Morgan fingerprint density at radius 3 is 3.11 bits per heavy atom. The number of nitrogens with one attached hydrogen (secondary N) is 1. The Balaban J connectivity index is 1.74. The maximum Gasteiger partial charge on any atom is 0.317 e. The van der Waals surface area contributed by atoms with Crippen molar-refractivity contribution < 1.29 is 14.3 Å². The summed E-state index contributed by atoms with van der Waals surface area (Å²) < 4.78 is 11.0. The van der Waals surface area contributed by atoms with E-state index in [9.17, 15) is 4.79 Å². The Bertz CT molecular complexity index is 267. The van der Waals surface area contributed by atoms with E-state index in [1.165, 1.54) is 0 Å². The second-order valence-corrected chi connectivity index (χ2v) is 5.09. The van der Waals surface area contributed by atoms with E-state index in [4.69, 9.17) is 9.47 Å². The highest BCUT2D eigenvalue weighted by atomic mass is 16.5. The minimum absolute atomic E-state index is 0.0373. The van der Waals surface area contributed by atoms with Crippen LogP contribution >= 0.6 is 0 Å². The summed E-state index contributed by atoms with van der Waals surface area (Å²) in [5.74, 6) is 0. The van der Waals surface area contributed by atoms with E-state index < -0.39 is 0 Å². The van der Waals surface area contributed by atoms with Crippen molar-refractivity contribution in [1.82, 2.24) is 10.2 Å². The molecule has 0 radical (unpaired) electrons. The second-order valence-electron chi connectivity index (χ2n) is 5.09. The molecule has 104 valence electrons. The molecule has 0 bridgehead atoms. The predicted octanol–water partition coefficient (Wildman–Crippen LogP) is 1.38. The third-order valence-corrected chi connectivity index (χ3v) is 3.48. The molecule has 0 saturated carbocycles. The molecule has 0 aromatic heterocycles. The van der Waals surface area contributed by atoms with Crippen LogP contribution in [0.4, 0.5) is 4.79 Å². The van der Waals surface area contributed by atoms with E-state index in [-0.39, 0.29) is 18.2 Å². The fourth-order valence-electron chi connectivity index (χ4n) is 2.46. The lowest BCUT2D eigenvalue weighted by Gasteiger charge is -2.33. The normalized spacial score (nSPS) is 28.4. The summed E-state index contributed by atoms with van der Waals surface area (Å²) in [5.41, 5.74) is 0. The molecule has 2 saturated heterocycles. The van der Waals surface area contributed by atoms with Gasteiger partial charge < -0.3 is 19.7 Å². The second kappa shape index (κ2) is 6.95. The quantitative estimate of drug-likeness (QED) is 0.826. The van der Waals surface area contributed by atoms with Gasteiger partial charge in [-0.25, -0.2) is 4.79 Å². The number of piperidine rings is 1. The van der Waals surface area contributed by atoms with Crippen molar-refractivity contribution in [3.05, 3.63) is 0 Å². The van der Waals surface area contributed by atoms with Gasteiger partial charge in [0.1, 0.15) is 0 Å². The molecule has 2 amide bonds. The topological polar surface area (TPSA) is 50.8 Å². The van der Waals surface area contributed by atoms with Crippen LogP contribution in [0.3, 0.4) is 0 Å². The highest BCUT2D eigenvalue weighted by Gasteiger charge is 2.26. The van der Waals surface area contributed by atoms with Crippen LogP contribution < -0.4 is 5.32 Å². The van der Waals surface area contributed by atoms with Gasteiger partial charge in [0.15, 0.2) is 0 Å². The summed E-state index contributed by atoms with van der Waals surface area (Å²) >= 11 is 0. The van der Waals surface area contributed by atoms with Gasteiger partial charge in [0.25, 0.3) is 0 Å². The summed E-state index contributed by atoms with van der Waals surface area (Å²) in [4.78, 5) is 14.0. The number of amides is 2. The van der Waals surface area contributed by atoms with E-state index in [0.717, 1.165) is 52.0 Å². The van der Waals surface area contributed by atoms with E-state index in [0.29, 0.717) is 6.61 Å². The molecule has 2 rings (SSSR count). The standard InChI is InChI=1S/C13H24N2O3/c1-2-7-18-12-4-3-6-15(9-12)13(16)14-11-5-8-17-10-11/h11-12H,2-10H2,1H3,(H,14,16). The molecular weight excluding hydrogens is 232 g/mol. The van der Waals surface area contributed by atoms with Crippen molar-refractivity contribution >= 4 is 6.03 Å². The van der Waals surface area contributed by atoms with Crippen LogP contribution in [-0.2, 0) is 9.47 Å². The largest absolute Gasteiger partial charge is 0.379 e. The summed E-state index contributed by atoms with van der Waals surface area (Å²) in [6, 6.07) is 0.227. The number of ether oxygens (including phenoxy) is 2. The van der Waals surface area contributed by atoms with Crippen LogP contribution in [-0.4, -0.2) is 56.0 Å². The molecule has 5 nitrogen and oxygen atoms in total. The molecule has 2 unspecified atom stereocenters. The Labute approximate surface area is 109 Å². The zero-order chi connectivity index (χ0) is 12.8. The number of hydrogen-bond acceptors (Lipinski definition) is 3. The highest BCUT2D eigenvalue weighted by Crippen LogP contribution is 2.14. The first kappa shape index (κ1) is 13.6. The van der Waals surface area contributed by atoms with Crippen molar-refractivity contribution in [2.75, 3.05) is 32.9 Å². The summed E-state index contributed by atoms with van der Waals surface area (Å²) in [6.07, 6.45) is 4.26. The Hall–Kier alpha value is -0.810. The Morgan fingerprint density at radius 2 is 2.39 bits per heavy atom. The summed E-state index contributed by atoms with van der Waals surface area (Å²) in [7, 11) is 0. The van der Waals surface area contributed by atoms with Crippen molar-refractivity contribution in [2.45, 2.75) is 44.8 Å². The van der Waals surface area contributed by atoms with Crippen LogP contribution in [0, 0.1) is 0 Å². The van der Waals surface area contributed by atoms with Gasteiger partial charge in [-0.05, 0) is 25.7 Å². The summed E-state index contributed by atoms with van der Waals surface area (Å²) in [6.45, 7) is 5.86. The lowest BCUT2D eigenvalue weighted by Crippen LogP contribution is -2.50. The van der Waals surface area contributed by atoms with Crippen LogP contribution in [0.1, 0.15) is 32.6 Å². The number of likely N-dealkylation sites (tertiary alicyclic amines) is 1. The fourth-order valence-corrected chi connectivity index (χ4v) is 2.46. The SMILES string of the molecule is CCCOC1CCCN(C(=O)NC2CCOC2)C1. The van der Waals surface area contributed by atoms with E-state index in [2.05, 4.69) is 12.2 Å². The van der Waals surface area contributed by atoms with E-state index in [1.807, 2.05) is 4.90 Å². The molecule has 0 aromatic carbocycles. The van der Waals surface area contributed by atoms with E-state index in [1.54, 1.807) is 0 Å². The monoisotopic (exact) mass is 256 g/mol. The van der Waals surface area contributed by atoms with Crippen LogP contribution in [0.15, 0.2) is 0 Å². The first-order valence-corrected chi connectivity index (χ1v) is 7.04. The summed E-state index contributed by atoms with van der Waals surface area (Å²) in [5, 5.41) is 3.03. The smallest absolute Gasteiger partial charge is 0.317 e. The zero-order valence-electron chi connectivity index (χ0n) is 11.2. The third-order valence-electron chi connectivity index (χ3n) is 3.48. The van der Waals surface area contributed by atoms with Gasteiger partial charge >= 0.3 is 6.03 Å². The molecule has 2 atom stereocenters. The Kier molecular flexibility index (Phi) is 5.26. The van der Waals surface area contributed by atoms with Crippen LogP contribution in [0.25, 0.3) is 0 Å². The molecule has 0 spiro atoms. The fraction of sp³-hybridized carbons (Fsp3) is 0.923. The zero-order valence-corrected chi connectivity index (χ0v) is 11.2. The van der Waals surface area contributed by atoms with Gasteiger partial charge in [0.2, 0.25) is 0 Å². The number of carbonyl (C=O) groups excluding carboxylic acids is 1. The van der Waals surface area contributed by atoms with Gasteiger partial charge in [0.05, 0.1) is 18.8 Å². The molecule has 2 fully saturated rings. The molecule has 18 heavy (non-hydrogen) atoms. The molecular formula is C13H24N2O3. The molecule has 0 aliphatic carbocycles. The number of rotatable bonds is 4. The maximum atomic E-state index is 12.1. The van der Waals surface area contributed by atoms with Gasteiger partial charge in [-0.3, -0.25) is 0 Å². The van der Waals surface area contributed by atoms with Crippen molar-refractivity contribution in [2.24, 2.45) is 0 Å². The Morgan fingerprint density at radius 1 is 1.50 bits per heavy atom. The predicted molar refractivity (Wildman–Crippen MR) is 68.6 cm³/mol. The highest BCUT2D eigenvalue weighted by molar-refractivity contribution is 5.74. The third kappa shape index (κ3) is 3.85. The van der Waals surface area contributed by atoms with Crippen molar-refractivity contribution in [1.29, 1.82) is 0 Å². The van der Waals surface area contributed by atoms with E-state index >= 15 is 0 Å². The maximum absolute atomic E-state index is 12.1. The molecule has 1 N–H and O–H groups in total. The van der Waals surface area contributed by atoms with Crippen molar-refractivity contribution in [3.63, 3.8) is 0 Å². The van der Waals surface area contributed by atoms with Gasteiger partial charge in [0, 0.05) is 26.3 Å². The minimum Gasteiger partial charge on any atom is -0.379 e. The molecule has 2 heterocycles. The van der Waals surface area contributed by atoms with Crippen LogP contribution in [0.5, 0.6) is 0 Å². The average Bonchev–Trinajstić information content (AvgIpc) is 2.89.